The Hall–Kier alpha value is -3.82. The zero-order valence-corrected chi connectivity index (χ0v) is 24.2. The molecular weight excluding hydrogens is 504 g/mol. The van der Waals surface area contributed by atoms with Crippen LogP contribution in [0.3, 0.4) is 0 Å². The van der Waals surface area contributed by atoms with Gasteiger partial charge in [0.15, 0.2) is 0 Å². The highest BCUT2D eigenvalue weighted by Gasteiger charge is 2.52. The number of nitrogens with one attached hydrogen (secondary N) is 1. The number of pyridine rings is 1. The lowest BCUT2D eigenvalue weighted by Gasteiger charge is -2.28. The van der Waals surface area contributed by atoms with Crippen LogP contribution in [-0.4, -0.2) is 78.4 Å². The minimum Gasteiger partial charge on any atom is -0.310 e. The first-order chi connectivity index (χ1) is 18.9. The highest BCUT2D eigenvalue weighted by Crippen LogP contribution is 2.44. The Labute approximate surface area is 235 Å². The van der Waals surface area contributed by atoms with Crippen LogP contribution in [0.5, 0.6) is 0 Å². The average Bonchev–Trinajstić information content (AvgIpc) is 3.27. The van der Waals surface area contributed by atoms with Gasteiger partial charge in [-0.05, 0) is 63.3 Å². The van der Waals surface area contributed by atoms with E-state index in [1.54, 1.807) is 29.8 Å². The second kappa shape index (κ2) is 10.3. The van der Waals surface area contributed by atoms with Crippen molar-refractivity contribution in [2.45, 2.75) is 45.2 Å². The van der Waals surface area contributed by atoms with Crippen molar-refractivity contribution in [3.8, 4) is 0 Å². The maximum Gasteiger partial charge on any atom is 0.332 e. The van der Waals surface area contributed by atoms with Crippen molar-refractivity contribution in [3.63, 3.8) is 0 Å². The monoisotopic (exact) mass is 542 g/mol. The molecule has 9 nitrogen and oxygen atoms in total. The molecule has 0 bridgehead atoms. The molecule has 9 heteroatoms. The van der Waals surface area contributed by atoms with E-state index in [1.807, 2.05) is 62.6 Å². The summed E-state index contributed by atoms with van der Waals surface area (Å²) in [5, 5.41) is 4.18. The lowest BCUT2D eigenvalue weighted by molar-refractivity contribution is -0.123. The lowest BCUT2D eigenvalue weighted by Crippen LogP contribution is -2.43. The number of carbonyl (C=O) groups excluding carboxylic acids is 3. The van der Waals surface area contributed by atoms with Gasteiger partial charge in [-0.1, -0.05) is 38.1 Å². The van der Waals surface area contributed by atoms with Crippen LogP contribution in [0, 0.1) is 0 Å². The summed E-state index contributed by atoms with van der Waals surface area (Å²) in [6.45, 7) is 10.3. The summed E-state index contributed by atoms with van der Waals surface area (Å²) in [6, 6.07) is 14.9. The van der Waals surface area contributed by atoms with Gasteiger partial charge in [0.2, 0.25) is 5.91 Å². The zero-order valence-electron chi connectivity index (χ0n) is 24.2. The quantitative estimate of drug-likeness (QED) is 0.345. The van der Waals surface area contributed by atoms with Crippen LogP contribution in [0.1, 0.15) is 38.8 Å². The van der Waals surface area contributed by atoms with E-state index < -0.39 is 5.54 Å². The molecule has 0 radical (unpaired) electrons. The van der Waals surface area contributed by atoms with Crippen molar-refractivity contribution in [1.82, 2.24) is 20.1 Å². The molecule has 210 valence electrons. The molecule has 0 spiro atoms. The fourth-order valence-electron chi connectivity index (χ4n) is 5.63. The molecule has 2 aromatic carbocycles. The van der Waals surface area contributed by atoms with E-state index in [0.29, 0.717) is 18.8 Å². The standard InChI is InChI=1S/C31H38N6O3/c1-30(2)20-35(27(38)18-32-15-16-34(5)6)26-17-22(11-12-24(26)30)37-28(39)31(3,4)36(29(37)40)19-21-13-14-33-25-10-8-7-9-23(21)25/h7-14,17,32H,15-16,18-20H2,1-6H3. The van der Waals surface area contributed by atoms with Crippen LogP contribution in [0.4, 0.5) is 16.2 Å². The Morgan fingerprint density at radius 3 is 2.55 bits per heavy atom. The number of imide groups is 1. The number of fused-ring (bicyclic) bond motifs is 2. The number of para-hydroxylation sites is 1. The number of likely N-dealkylation sites (N-methyl/N-ethyl adjacent to an activating group) is 1. The third-order valence-electron chi connectivity index (χ3n) is 8.02. The number of benzene rings is 2. The molecule has 2 aliphatic heterocycles. The number of hydrogen-bond acceptors (Lipinski definition) is 6. The first kappa shape index (κ1) is 27.7. The molecule has 1 N–H and O–H groups in total. The molecule has 1 saturated heterocycles. The number of aromatic nitrogens is 1. The molecule has 5 rings (SSSR count). The van der Waals surface area contributed by atoms with Crippen LogP contribution in [0.2, 0.25) is 0 Å². The van der Waals surface area contributed by atoms with Gasteiger partial charge >= 0.3 is 6.03 Å². The van der Waals surface area contributed by atoms with Gasteiger partial charge in [-0.15, -0.1) is 0 Å². The first-order valence-electron chi connectivity index (χ1n) is 13.7. The minimum absolute atomic E-state index is 0.0340. The van der Waals surface area contributed by atoms with Crippen molar-refractivity contribution in [2.24, 2.45) is 0 Å². The number of amides is 4. The number of hydrogen-bond donors (Lipinski definition) is 1. The van der Waals surface area contributed by atoms with E-state index in [4.69, 9.17) is 0 Å². The van der Waals surface area contributed by atoms with Crippen LogP contribution >= 0.6 is 0 Å². The Kier molecular flexibility index (Phi) is 7.14. The van der Waals surface area contributed by atoms with E-state index >= 15 is 0 Å². The summed E-state index contributed by atoms with van der Waals surface area (Å²) in [7, 11) is 3.99. The van der Waals surface area contributed by atoms with Crippen molar-refractivity contribution in [1.29, 1.82) is 0 Å². The van der Waals surface area contributed by atoms with Gasteiger partial charge in [0, 0.05) is 48.9 Å². The normalized spacial score (nSPS) is 17.8. The molecule has 0 atom stereocenters. The van der Waals surface area contributed by atoms with Crippen molar-refractivity contribution in [3.05, 3.63) is 65.9 Å². The summed E-state index contributed by atoms with van der Waals surface area (Å²) in [6.07, 6.45) is 1.73. The van der Waals surface area contributed by atoms with Gasteiger partial charge in [-0.25, -0.2) is 9.69 Å². The van der Waals surface area contributed by atoms with E-state index in [9.17, 15) is 14.4 Å². The molecule has 3 aromatic rings. The maximum absolute atomic E-state index is 13.9. The van der Waals surface area contributed by atoms with Crippen LogP contribution < -0.4 is 15.1 Å². The molecule has 3 heterocycles. The number of nitrogens with zero attached hydrogens (tertiary/aromatic N) is 5. The smallest absolute Gasteiger partial charge is 0.310 e. The van der Waals surface area contributed by atoms with Gasteiger partial charge in [-0.3, -0.25) is 14.6 Å². The Morgan fingerprint density at radius 1 is 1.05 bits per heavy atom. The van der Waals surface area contributed by atoms with Gasteiger partial charge in [-0.2, -0.15) is 0 Å². The summed E-state index contributed by atoms with van der Waals surface area (Å²) in [5.74, 6) is -0.329. The summed E-state index contributed by atoms with van der Waals surface area (Å²) in [5.41, 5.74) is 2.71. The van der Waals surface area contributed by atoms with E-state index in [0.717, 1.165) is 34.3 Å². The molecule has 40 heavy (non-hydrogen) atoms. The van der Waals surface area contributed by atoms with Crippen LogP contribution in [0.25, 0.3) is 10.9 Å². The minimum atomic E-state index is -1.05. The van der Waals surface area contributed by atoms with E-state index in [2.05, 4.69) is 29.0 Å². The van der Waals surface area contributed by atoms with Crippen LogP contribution in [0.15, 0.2) is 54.7 Å². The summed E-state index contributed by atoms with van der Waals surface area (Å²) < 4.78 is 0. The van der Waals surface area contributed by atoms with Crippen molar-refractivity contribution in [2.75, 3.05) is 50.1 Å². The second-order valence-electron chi connectivity index (χ2n) is 12.1. The van der Waals surface area contributed by atoms with Gasteiger partial charge in [0.05, 0.1) is 17.7 Å². The predicted molar refractivity (Wildman–Crippen MR) is 157 cm³/mol. The number of carbonyl (C=O) groups is 3. The molecule has 0 unspecified atom stereocenters. The summed E-state index contributed by atoms with van der Waals surface area (Å²) >= 11 is 0. The molecular formula is C31H38N6O3. The van der Waals surface area contributed by atoms with E-state index in [-0.39, 0.29) is 36.3 Å². The summed E-state index contributed by atoms with van der Waals surface area (Å²) in [4.78, 5) is 52.0. The largest absolute Gasteiger partial charge is 0.332 e. The SMILES string of the molecule is CN(C)CCNCC(=O)N1CC(C)(C)c2ccc(N3C(=O)N(Cc4ccnc5ccccc45)C(C)(C)C3=O)cc21. The van der Waals surface area contributed by atoms with Gasteiger partial charge < -0.3 is 20.0 Å². The number of urea groups is 1. The molecule has 2 aliphatic rings. The Balaban J connectivity index is 1.43. The second-order valence-corrected chi connectivity index (χ2v) is 12.1. The average molecular weight is 543 g/mol. The molecule has 1 fully saturated rings. The third-order valence-corrected chi connectivity index (χ3v) is 8.02. The topological polar surface area (TPSA) is 89.1 Å². The fourth-order valence-corrected chi connectivity index (χ4v) is 5.63. The number of anilines is 2. The lowest BCUT2D eigenvalue weighted by atomic mass is 9.87. The highest BCUT2D eigenvalue weighted by atomic mass is 16.2. The van der Waals surface area contributed by atoms with Gasteiger partial charge in [0.25, 0.3) is 5.91 Å². The first-order valence-corrected chi connectivity index (χ1v) is 13.7. The zero-order chi connectivity index (χ0) is 28.8. The number of rotatable bonds is 8. The predicted octanol–water partition coefficient (Wildman–Crippen LogP) is 3.76. The molecule has 1 aromatic heterocycles. The Bertz CT molecular complexity index is 1480. The fraction of sp³-hybridized carbons (Fsp3) is 0.419. The van der Waals surface area contributed by atoms with Crippen molar-refractivity contribution >= 4 is 40.1 Å². The molecule has 0 saturated carbocycles. The Morgan fingerprint density at radius 2 is 1.80 bits per heavy atom. The van der Waals surface area contributed by atoms with E-state index in [1.165, 1.54) is 4.90 Å². The molecule has 4 amide bonds. The third kappa shape index (κ3) is 4.84. The maximum atomic E-state index is 13.9. The van der Waals surface area contributed by atoms with Crippen LogP contribution in [-0.2, 0) is 21.5 Å². The highest BCUT2D eigenvalue weighted by molar-refractivity contribution is 6.23. The van der Waals surface area contributed by atoms with Crippen molar-refractivity contribution < 1.29 is 14.4 Å². The van der Waals surface area contributed by atoms with Gasteiger partial charge in [0.1, 0.15) is 5.54 Å². The molecule has 0 aliphatic carbocycles.